The fraction of sp³-hybridized carbons (Fsp3) is 0.438. The molecule has 3 unspecified atom stereocenters. The molecule has 2 aromatic rings. The number of carbonyl (C=O) groups is 1. The number of hydrogen-bond donors (Lipinski definition) is 3. The van der Waals surface area contributed by atoms with Crippen molar-refractivity contribution in [1.29, 1.82) is 0 Å². The molecule has 1 aromatic heterocycles. The number of aromatic amines is 1. The van der Waals surface area contributed by atoms with Crippen LogP contribution in [-0.2, 0) is 0 Å². The quantitative estimate of drug-likeness (QED) is 0.735. The summed E-state index contributed by atoms with van der Waals surface area (Å²) in [6.07, 6.45) is 4.02. The molecule has 1 saturated carbocycles. The number of nitrogen functional groups attached to an aromatic ring is 1. The molecule has 3 atom stereocenters. The van der Waals surface area contributed by atoms with Crippen LogP contribution in [0.25, 0.3) is 10.9 Å². The summed E-state index contributed by atoms with van der Waals surface area (Å²) in [7, 11) is 0. The molecule has 20 heavy (non-hydrogen) atoms. The first-order valence-electron chi connectivity index (χ1n) is 7.23. The van der Waals surface area contributed by atoms with Crippen molar-refractivity contribution in [2.75, 3.05) is 5.73 Å². The van der Waals surface area contributed by atoms with Gasteiger partial charge in [-0.3, -0.25) is 4.79 Å². The Morgan fingerprint density at radius 2 is 2.15 bits per heavy atom. The Morgan fingerprint density at radius 1 is 1.35 bits per heavy atom. The molecule has 1 heterocycles. The second-order valence-corrected chi connectivity index (χ2v) is 6.00. The number of H-pyrrole nitrogens is 1. The van der Waals surface area contributed by atoms with Gasteiger partial charge in [-0.05, 0) is 42.9 Å². The average Bonchev–Trinajstić information content (AvgIpc) is 2.96. The molecule has 0 spiro atoms. The Hall–Kier alpha value is -1.97. The van der Waals surface area contributed by atoms with Gasteiger partial charge in [0.15, 0.2) is 0 Å². The predicted octanol–water partition coefficient (Wildman–Crippen LogP) is 2.91. The third kappa shape index (κ3) is 2.15. The van der Waals surface area contributed by atoms with Crippen LogP contribution in [0.5, 0.6) is 0 Å². The van der Waals surface area contributed by atoms with Gasteiger partial charge in [0.2, 0.25) is 0 Å². The maximum atomic E-state index is 12.5. The summed E-state index contributed by atoms with van der Waals surface area (Å²) in [5.41, 5.74) is 8.11. The lowest BCUT2D eigenvalue weighted by molar-refractivity contribution is 0.0929. The van der Waals surface area contributed by atoms with E-state index in [-0.39, 0.29) is 11.9 Å². The molecule has 1 fully saturated rings. The number of anilines is 1. The Morgan fingerprint density at radius 3 is 2.85 bits per heavy atom. The summed E-state index contributed by atoms with van der Waals surface area (Å²) in [6.45, 7) is 4.47. The number of benzene rings is 1. The van der Waals surface area contributed by atoms with Gasteiger partial charge in [-0.15, -0.1) is 0 Å². The number of carbonyl (C=O) groups excluding carboxylic acids is 1. The van der Waals surface area contributed by atoms with Crippen molar-refractivity contribution in [1.82, 2.24) is 10.3 Å². The topological polar surface area (TPSA) is 70.9 Å². The average molecular weight is 271 g/mol. The first-order chi connectivity index (χ1) is 9.56. The van der Waals surface area contributed by atoms with Crippen molar-refractivity contribution in [3.8, 4) is 0 Å². The summed E-state index contributed by atoms with van der Waals surface area (Å²) in [5.74, 6) is 1.21. The van der Waals surface area contributed by atoms with Gasteiger partial charge >= 0.3 is 0 Å². The normalized spacial score (nSPS) is 26.0. The summed E-state index contributed by atoms with van der Waals surface area (Å²) in [6, 6.07) is 5.87. The van der Waals surface area contributed by atoms with E-state index in [4.69, 9.17) is 5.73 Å². The molecule has 1 aliphatic rings. The summed E-state index contributed by atoms with van der Waals surface area (Å²) in [4.78, 5) is 15.6. The van der Waals surface area contributed by atoms with Crippen LogP contribution in [0.4, 0.5) is 5.69 Å². The van der Waals surface area contributed by atoms with E-state index in [1.165, 1.54) is 6.42 Å². The molecule has 1 aliphatic carbocycles. The minimum atomic E-state index is -0.00667. The van der Waals surface area contributed by atoms with Crippen LogP contribution in [0, 0.1) is 11.8 Å². The van der Waals surface area contributed by atoms with Crippen LogP contribution in [0.1, 0.15) is 37.0 Å². The van der Waals surface area contributed by atoms with Gasteiger partial charge in [0.05, 0.1) is 5.56 Å². The summed E-state index contributed by atoms with van der Waals surface area (Å²) >= 11 is 0. The van der Waals surface area contributed by atoms with Crippen LogP contribution in [0.3, 0.4) is 0 Å². The molecule has 106 valence electrons. The van der Waals surface area contributed by atoms with Crippen molar-refractivity contribution >= 4 is 22.5 Å². The molecule has 0 aliphatic heterocycles. The van der Waals surface area contributed by atoms with Crippen molar-refractivity contribution in [3.05, 3.63) is 30.0 Å². The van der Waals surface area contributed by atoms with E-state index in [9.17, 15) is 4.79 Å². The molecule has 0 radical (unpaired) electrons. The number of hydrogen-bond acceptors (Lipinski definition) is 2. The van der Waals surface area contributed by atoms with Crippen molar-refractivity contribution in [2.45, 2.75) is 32.7 Å². The van der Waals surface area contributed by atoms with E-state index in [0.29, 0.717) is 23.1 Å². The van der Waals surface area contributed by atoms with Gasteiger partial charge in [0.25, 0.3) is 5.91 Å². The number of rotatable bonds is 2. The zero-order chi connectivity index (χ0) is 14.3. The highest BCUT2D eigenvalue weighted by molar-refractivity contribution is 6.07. The van der Waals surface area contributed by atoms with Gasteiger partial charge in [-0.25, -0.2) is 0 Å². The lowest BCUT2D eigenvalue weighted by Crippen LogP contribution is -2.37. The number of nitrogens with one attached hydrogen (secondary N) is 2. The Bertz CT molecular complexity index is 646. The van der Waals surface area contributed by atoms with E-state index in [2.05, 4.69) is 24.1 Å². The first-order valence-corrected chi connectivity index (χ1v) is 7.23. The van der Waals surface area contributed by atoms with Crippen molar-refractivity contribution in [2.24, 2.45) is 11.8 Å². The number of aromatic nitrogens is 1. The molecule has 4 N–H and O–H groups in total. The monoisotopic (exact) mass is 271 g/mol. The largest absolute Gasteiger partial charge is 0.399 e. The van der Waals surface area contributed by atoms with E-state index < -0.39 is 0 Å². The smallest absolute Gasteiger partial charge is 0.253 e. The summed E-state index contributed by atoms with van der Waals surface area (Å²) < 4.78 is 0. The third-order valence-corrected chi connectivity index (χ3v) is 4.73. The maximum absolute atomic E-state index is 12.5. The molecule has 4 heteroatoms. The number of amides is 1. The van der Waals surface area contributed by atoms with Gasteiger partial charge in [0, 0.05) is 28.8 Å². The zero-order valence-electron chi connectivity index (χ0n) is 11.9. The van der Waals surface area contributed by atoms with Gasteiger partial charge in [0.1, 0.15) is 0 Å². The van der Waals surface area contributed by atoms with Crippen molar-refractivity contribution < 1.29 is 4.79 Å². The molecule has 1 aromatic carbocycles. The minimum absolute atomic E-state index is 0.00667. The Balaban J connectivity index is 1.84. The Labute approximate surface area is 118 Å². The van der Waals surface area contributed by atoms with Crippen LogP contribution in [0.15, 0.2) is 24.4 Å². The predicted molar refractivity (Wildman–Crippen MR) is 81.5 cm³/mol. The maximum Gasteiger partial charge on any atom is 0.253 e. The van der Waals surface area contributed by atoms with Crippen molar-refractivity contribution in [3.63, 3.8) is 0 Å². The highest BCUT2D eigenvalue weighted by Crippen LogP contribution is 2.31. The van der Waals surface area contributed by atoms with E-state index in [1.54, 1.807) is 6.20 Å². The highest BCUT2D eigenvalue weighted by atomic mass is 16.1. The second-order valence-electron chi connectivity index (χ2n) is 6.00. The fourth-order valence-corrected chi connectivity index (χ4v) is 3.14. The molecule has 0 saturated heterocycles. The standard InChI is InChI=1S/C16H21N3O/c1-9-3-5-14(10(9)2)19-16(20)13-8-18-15-6-4-11(17)7-12(13)15/h4,6-10,14,18H,3,5,17H2,1-2H3,(H,19,20). The minimum Gasteiger partial charge on any atom is -0.399 e. The lowest BCUT2D eigenvalue weighted by atomic mass is 9.97. The van der Waals surface area contributed by atoms with E-state index >= 15 is 0 Å². The fourth-order valence-electron chi connectivity index (χ4n) is 3.14. The number of nitrogens with two attached hydrogens (primary N) is 1. The molecule has 4 nitrogen and oxygen atoms in total. The van der Waals surface area contributed by atoms with Crippen LogP contribution < -0.4 is 11.1 Å². The molecular weight excluding hydrogens is 250 g/mol. The van der Waals surface area contributed by atoms with Gasteiger partial charge in [-0.1, -0.05) is 13.8 Å². The SMILES string of the molecule is CC1CCC(NC(=O)c2c[nH]c3ccc(N)cc23)C1C. The van der Waals surface area contributed by atoms with E-state index in [1.807, 2.05) is 18.2 Å². The molecule has 0 bridgehead atoms. The number of fused-ring (bicyclic) bond motifs is 1. The zero-order valence-corrected chi connectivity index (χ0v) is 11.9. The van der Waals surface area contributed by atoms with Gasteiger partial charge in [-0.2, -0.15) is 0 Å². The van der Waals surface area contributed by atoms with Crippen LogP contribution in [0.2, 0.25) is 0 Å². The van der Waals surface area contributed by atoms with Crippen LogP contribution >= 0.6 is 0 Å². The highest BCUT2D eigenvalue weighted by Gasteiger charge is 2.31. The first kappa shape index (κ1) is 13.0. The Kier molecular flexibility index (Phi) is 3.16. The lowest BCUT2D eigenvalue weighted by Gasteiger charge is -2.19. The second kappa shape index (κ2) is 4.85. The van der Waals surface area contributed by atoms with E-state index in [0.717, 1.165) is 17.3 Å². The molecular formula is C16H21N3O. The molecule has 1 amide bonds. The third-order valence-electron chi connectivity index (χ3n) is 4.73. The molecule has 3 rings (SSSR count). The van der Waals surface area contributed by atoms with Gasteiger partial charge < -0.3 is 16.0 Å². The van der Waals surface area contributed by atoms with Crippen LogP contribution in [-0.4, -0.2) is 16.9 Å². The summed E-state index contributed by atoms with van der Waals surface area (Å²) in [5, 5.41) is 4.06.